The van der Waals surface area contributed by atoms with Gasteiger partial charge in [0.1, 0.15) is 0 Å². The van der Waals surface area contributed by atoms with E-state index in [1.54, 1.807) is 0 Å². The van der Waals surface area contributed by atoms with Gasteiger partial charge in [-0.2, -0.15) is 0 Å². The summed E-state index contributed by atoms with van der Waals surface area (Å²) in [5, 5.41) is 4.24. The Morgan fingerprint density at radius 2 is 1.12 bits per heavy atom. The van der Waals surface area contributed by atoms with Crippen LogP contribution in [0.25, 0.3) is 0 Å². The van der Waals surface area contributed by atoms with Crippen LogP contribution in [0.3, 0.4) is 0 Å². The van der Waals surface area contributed by atoms with E-state index in [0.29, 0.717) is 11.8 Å². The van der Waals surface area contributed by atoms with Crippen molar-refractivity contribution in [2.45, 2.75) is 39.5 Å². The van der Waals surface area contributed by atoms with E-state index in [1.165, 1.54) is 9.75 Å². The van der Waals surface area contributed by atoms with Gasteiger partial charge in [0, 0.05) is 9.75 Å². The van der Waals surface area contributed by atoms with Gasteiger partial charge in [-0.15, -0.1) is 22.7 Å². The first kappa shape index (κ1) is 13.5. The molecular formula is C14H20S2. The Hall–Kier alpha value is -0.600. The number of rotatable bonds is 2. The molecule has 2 aromatic rings. The zero-order valence-corrected chi connectivity index (χ0v) is 12.1. The normalized spacial score (nSPS) is 10.4. The van der Waals surface area contributed by atoms with E-state index >= 15 is 0 Å². The van der Waals surface area contributed by atoms with Crippen molar-refractivity contribution in [2.75, 3.05) is 0 Å². The summed E-state index contributed by atoms with van der Waals surface area (Å²) in [4.78, 5) is 2.95. The average Bonchev–Trinajstić information content (AvgIpc) is 2.93. The van der Waals surface area contributed by atoms with Crippen LogP contribution in [-0.4, -0.2) is 0 Å². The Morgan fingerprint density at radius 1 is 0.750 bits per heavy atom. The molecule has 2 aromatic heterocycles. The Balaban J connectivity index is 0.000000160. The van der Waals surface area contributed by atoms with E-state index in [-0.39, 0.29) is 0 Å². The molecule has 0 nitrogen and oxygen atoms in total. The van der Waals surface area contributed by atoms with Gasteiger partial charge >= 0.3 is 0 Å². The molecule has 2 heteroatoms. The molecule has 0 aliphatic carbocycles. The van der Waals surface area contributed by atoms with Crippen LogP contribution in [0.2, 0.25) is 0 Å². The Kier molecular flexibility index (Phi) is 5.78. The van der Waals surface area contributed by atoms with Crippen molar-refractivity contribution in [3.05, 3.63) is 44.8 Å². The lowest BCUT2D eigenvalue weighted by atomic mass is 10.2. The third-order valence-electron chi connectivity index (χ3n) is 2.22. The number of hydrogen-bond donors (Lipinski definition) is 0. The summed E-state index contributed by atoms with van der Waals surface area (Å²) in [5.41, 5.74) is 0. The highest BCUT2D eigenvalue weighted by Gasteiger charge is 1.96. The maximum absolute atomic E-state index is 2.21. The fraction of sp³-hybridized carbons (Fsp3) is 0.429. The van der Waals surface area contributed by atoms with Crippen molar-refractivity contribution in [2.24, 2.45) is 0 Å². The third kappa shape index (κ3) is 4.50. The maximum atomic E-state index is 2.21. The van der Waals surface area contributed by atoms with Gasteiger partial charge in [0.15, 0.2) is 0 Å². The molecule has 0 radical (unpaired) electrons. The lowest BCUT2D eigenvalue weighted by Crippen LogP contribution is -1.77. The second-order valence-corrected chi connectivity index (χ2v) is 6.30. The van der Waals surface area contributed by atoms with Crippen LogP contribution in [-0.2, 0) is 0 Å². The summed E-state index contributed by atoms with van der Waals surface area (Å²) in [6.45, 7) is 8.86. The highest BCUT2D eigenvalue weighted by Crippen LogP contribution is 2.19. The lowest BCUT2D eigenvalue weighted by Gasteiger charge is -1.95. The third-order valence-corrected chi connectivity index (χ3v) is 4.57. The van der Waals surface area contributed by atoms with Crippen molar-refractivity contribution in [3.63, 3.8) is 0 Å². The first-order valence-corrected chi connectivity index (χ1v) is 7.44. The summed E-state index contributed by atoms with van der Waals surface area (Å²) in [6.07, 6.45) is 0. The zero-order chi connectivity index (χ0) is 12.0. The maximum Gasteiger partial charge on any atom is 0.00706 e. The van der Waals surface area contributed by atoms with Gasteiger partial charge in [-0.1, -0.05) is 39.8 Å². The molecule has 0 unspecified atom stereocenters. The number of hydrogen-bond acceptors (Lipinski definition) is 2. The Morgan fingerprint density at radius 3 is 1.25 bits per heavy atom. The molecule has 0 bridgehead atoms. The van der Waals surface area contributed by atoms with E-state index in [0.717, 1.165) is 0 Å². The van der Waals surface area contributed by atoms with Gasteiger partial charge < -0.3 is 0 Å². The largest absolute Gasteiger partial charge is 0.149 e. The standard InChI is InChI=1S/2C7H10S/c2*1-6(2)7-4-3-5-8-7/h2*3-6H,1-2H3. The Labute approximate surface area is 107 Å². The second-order valence-electron chi connectivity index (χ2n) is 4.34. The summed E-state index contributed by atoms with van der Waals surface area (Å²) in [7, 11) is 0. The van der Waals surface area contributed by atoms with Crippen LogP contribution in [0.1, 0.15) is 49.3 Å². The molecular weight excluding hydrogens is 232 g/mol. The second kappa shape index (κ2) is 6.87. The minimum absolute atomic E-state index is 0.704. The smallest absolute Gasteiger partial charge is 0.00706 e. The zero-order valence-electron chi connectivity index (χ0n) is 10.4. The Bertz CT molecular complexity index is 317. The molecule has 0 spiro atoms. The van der Waals surface area contributed by atoms with E-state index in [2.05, 4.69) is 62.7 Å². The minimum Gasteiger partial charge on any atom is -0.149 e. The van der Waals surface area contributed by atoms with E-state index in [4.69, 9.17) is 0 Å². The highest BCUT2D eigenvalue weighted by atomic mass is 32.1. The van der Waals surface area contributed by atoms with Crippen LogP contribution < -0.4 is 0 Å². The molecule has 0 aliphatic rings. The summed E-state index contributed by atoms with van der Waals surface area (Å²) in [6, 6.07) is 8.55. The fourth-order valence-corrected chi connectivity index (χ4v) is 2.73. The first-order valence-electron chi connectivity index (χ1n) is 5.68. The molecule has 88 valence electrons. The predicted octanol–water partition coefficient (Wildman–Crippen LogP) is 5.74. The van der Waals surface area contributed by atoms with Crippen LogP contribution in [0.4, 0.5) is 0 Å². The lowest BCUT2D eigenvalue weighted by molar-refractivity contribution is 0.890. The monoisotopic (exact) mass is 252 g/mol. The van der Waals surface area contributed by atoms with Crippen molar-refractivity contribution in [1.29, 1.82) is 0 Å². The molecule has 0 N–H and O–H groups in total. The van der Waals surface area contributed by atoms with Crippen molar-refractivity contribution in [1.82, 2.24) is 0 Å². The van der Waals surface area contributed by atoms with Crippen LogP contribution in [0.5, 0.6) is 0 Å². The van der Waals surface area contributed by atoms with Gasteiger partial charge in [0.2, 0.25) is 0 Å². The van der Waals surface area contributed by atoms with Crippen molar-refractivity contribution >= 4 is 22.7 Å². The minimum atomic E-state index is 0.704. The summed E-state index contributed by atoms with van der Waals surface area (Å²) >= 11 is 3.66. The van der Waals surface area contributed by atoms with Gasteiger partial charge in [0.25, 0.3) is 0 Å². The van der Waals surface area contributed by atoms with E-state index in [1.807, 2.05) is 22.7 Å². The molecule has 0 aliphatic heterocycles. The van der Waals surface area contributed by atoms with Crippen molar-refractivity contribution < 1.29 is 0 Å². The first-order chi connectivity index (χ1) is 7.61. The molecule has 16 heavy (non-hydrogen) atoms. The SMILES string of the molecule is CC(C)c1cccs1.CC(C)c1cccs1. The van der Waals surface area contributed by atoms with Crippen LogP contribution in [0.15, 0.2) is 35.0 Å². The molecule has 2 rings (SSSR count). The molecule has 0 saturated carbocycles. The van der Waals surface area contributed by atoms with Gasteiger partial charge in [-0.3, -0.25) is 0 Å². The van der Waals surface area contributed by atoms with E-state index in [9.17, 15) is 0 Å². The predicted molar refractivity (Wildman–Crippen MR) is 76.8 cm³/mol. The molecule has 2 heterocycles. The topological polar surface area (TPSA) is 0 Å². The molecule has 0 saturated heterocycles. The van der Waals surface area contributed by atoms with Gasteiger partial charge in [-0.25, -0.2) is 0 Å². The van der Waals surface area contributed by atoms with Crippen LogP contribution in [0, 0.1) is 0 Å². The van der Waals surface area contributed by atoms with E-state index < -0.39 is 0 Å². The molecule has 0 aromatic carbocycles. The van der Waals surface area contributed by atoms with Crippen LogP contribution >= 0.6 is 22.7 Å². The number of thiophene rings is 2. The molecule has 0 fully saturated rings. The summed E-state index contributed by atoms with van der Waals surface area (Å²) < 4.78 is 0. The van der Waals surface area contributed by atoms with Gasteiger partial charge in [0.05, 0.1) is 0 Å². The highest BCUT2D eigenvalue weighted by molar-refractivity contribution is 7.10. The molecule has 0 atom stereocenters. The van der Waals surface area contributed by atoms with Crippen molar-refractivity contribution in [3.8, 4) is 0 Å². The summed E-state index contributed by atoms with van der Waals surface area (Å²) in [5.74, 6) is 1.41. The molecule has 0 amide bonds. The average molecular weight is 252 g/mol. The quantitative estimate of drug-likeness (QED) is 0.639. The van der Waals surface area contributed by atoms with Gasteiger partial charge in [-0.05, 0) is 34.7 Å². The fourth-order valence-electron chi connectivity index (χ4n) is 1.24.